The van der Waals surface area contributed by atoms with E-state index in [-0.39, 0.29) is 11.9 Å². The Hall–Kier alpha value is -1.14. The Balaban J connectivity index is 2.58. The van der Waals surface area contributed by atoms with Crippen molar-refractivity contribution in [1.29, 1.82) is 0 Å². The summed E-state index contributed by atoms with van der Waals surface area (Å²) in [6.45, 7) is 3.57. The third kappa shape index (κ3) is 4.59. The van der Waals surface area contributed by atoms with Crippen molar-refractivity contribution in [2.45, 2.75) is 19.8 Å². The molecule has 6 nitrogen and oxygen atoms in total. The molecule has 0 aliphatic rings. The molecule has 3 N–H and O–H groups in total. The molecular formula is C9H16ClN5O. The number of aromatic nitrogens is 3. The van der Waals surface area contributed by atoms with Crippen LogP contribution in [0.3, 0.4) is 0 Å². The van der Waals surface area contributed by atoms with Crippen LogP contribution in [0.5, 0.6) is 0 Å². The molecule has 0 radical (unpaired) electrons. The van der Waals surface area contributed by atoms with Gasteiger partial charge < -0.3 is 15.7 Å². The number of anilines is 2. The van der Waals surface area contributed by atoms with E-state index >= 15 is 0 Å². The summed E-state index contributed by atoms with van der Waals surface area (Å²) in [6.07, 6.45) is 1.62. The minimum atomic E-state index is 0.132. The molecule has 0 aliphatic carbocycles. The molecule has 0 atom stereocenters. The highest BCUT2D eigenvalue weighted by molar-refractivity contribution is 6.28. The summed E-state index contributed by atoms with van der Waals surface area (Å²) in [5.74, 6) is 0.889. The van der Waals surface area contributed by atoms with Gasteiger partial charge >= 0.3 is 0 Å². The van der Waals surface area contributed by atoms with E-state index in [1.54, 1.807) is 0 Å². The summed E-state index contributed by atoms with van der Waals surface area (Å²) in [6, 6.07) is 0. The Kier molecular flexibility index (Phi) is 5.81. The van der Waals surface area contributed by atoms with Gasteiger partial charge in [0.15, 0.2) is 0 Å². The molecule has 0 bridgehead atoms. The van der Waals surface area contributed by atoms with Gasteiger partial charge in [-0.15, -0.1) is 0 Å². The SMILES string of the molecule is CCCNc1nc(Cl)nc(NCCCO)n1. The van der Waals surface area contributed by atoms with Gasteiger partial charge in [-0.25, -0.2) is 0 Å². The predicted molar refractivity (Wildman–Crippen MR) is 63.8 cm³/mol. The average molecular weight is 246 g/mol. The van der Waals surface area contributed by atoms with Gasteiger partial charge in [0.1, 0.15) is 0 Å². The predicted octanol–water partition coefficient (Wildman–Crippen LogP) is 1.14. The molecule has 1 rings (SSSR count). The highest BCUT2D eigenvalue weighted by Crippen LogP contribution is 2.09. The van der Waals surface area contributed by atoms with Crippen LogP contribution in [0.25, 0.3) is 0 Å². The van der Waals surface area contributed by atoms with Gasteiger partial charge in [-0.1, -0.05) is 6.92 Å². The zero-order valence-electron chi connectivity index (χ0n) is 9.20. The van der Waals surface area contributed by atoms with Crippen molar-refractivity contribution in [2.75, 3.05) is 30.3 Å². The van der Waals surface area contributed by atoms with Crippen LogP contribution in [0.1, 0.15) is 19.8 Å². The summed E-state index contributed by atoms with van der Waals surface area (Å²) in [7, 11) is 0. The second-order valence-electron chi connectivity index (χ2n) is 3.18. The van der Waals surface area contributed by atoms with Crippen molar-refractivity contribution in [3.05, 3.63) is 5.28 Å². The number of halogens is 1. The molecule has 0 aliphatic heterocycles. The van der Waals surface area contributed by atoms with Crippen LogP contribution in [0.15, 0.2) is 0 Å². The molecule has 0 fully saturated rings. The smallest absolute Gasteiger partial charge is 0.228 e. The van der Waals surface area contributed by atoms with Gasteiger partial charge in [0, 0.05) is 19.7 Å². The van der Waals surface area contributed by atoms with Gasteiger partial charge in [-0.2, -0.15) is 15.0 Å². The Morgan fingerprint density at radius 3 is 2.31 bits per heavy atom. The molecule has 7 heteroatoms. The van der Waals surface area contributed by atoms with Crippen LogP contribution in [-0.2, 0) is 0 Å². The molecule has 0 amide bonds. The number of nitrogens with zero attached hydrogens (tertiary/aromatic N) is 3. The number of aliphatic hydroxyl groups is 1. The van der Waals surface area contributed by atoms with Crippen LogP contribution in [0.2, 0.25) is 5.28 Å². The minimum absolute atomic E-state index is 0.132. The fourth-order valence-corrected chi connectivity index (χ4v) is 1.18. The van der Waals surface area contributed by atoms with Crippen molar-refractivity contribution < 1.29 is 5.11 Å². The average Bonchev–Trinajstić information content (AvgIpc) is 2.26. The second-order valence-corrected chi connectivity index (χ2v) is 3.52. The molecule has 0 saturated heterocycles. The van der Waals surface area contributed by atoms with Gasteiger partial charge in [0.25, 0.3) is 0 Å². The van der Waals surface area contributed by atoms with Crippen LogP contribution in [0.4, 0.5) is 11.9 Å². The zero-order chi connectivity index (χ0) is 11.8. The summed E-state index contributed by atoms with van der Waals surface area (Å²) in [4.78, 5) is 12.0. The lowest BCUT2D eigenvalue weighted by atomic mass is 10.4. The first-order chi connectivity index (χ1) is 7.76. The number of nitrogens with one attached hydrogen (secondary N) is 2. The quantitative estimate of drug-likeness (QED) is 0.625. The number of hydrogen-bond donors (Lipinski definition) is 3. The second kappa shape index (κ2) is 7.19. The van der Waals surface area contributed by atoms with E-state index in [0.29, 0.717) is 24.9 Å². The Bertz CT molecular complexity index is 323. The number of aliphatic hydroxyl groups excluding tert-OH is 1. The van der Waals surface area contributed by atoms with E-state index in [2.05, 4.69) is 32.5 Å². The summed E-state index contributed by atoms with van der Waals surface area (Å²) in [5.41, 5.74) is 0. The van der Waals surface area contributed by atoms with Gasteiger partial charge in [0.05, 0.1) is 0 Å². The maximum Gasteiger partial charge on any atom is 0.228 e. The lowest BCUT2D eigenvalue weighted by Crippen LogP contribution is -2.11. The van der Waals surface area contributed by atoms with Crippen LogP contribution < -0.4 is 10.6 Å². The summed E-state index contributed by atoms with van der Waals surface area (Å²) in [5, 5.41) is 14.8. The van der Waals surface area contributed by atoms with Crippen LogP contribution in [-0.4, -0.2) is 39.8 Å². The first-order valence-electron chi connectivity index (χ1n) is 5.26. The monoisotopic (exact) mass is 245 g/mol. The van der Waals surface area contributed by atoms with Gasteiger partial charge in [-0.05, 0) is 24.4 Å². The van der Waals surface area contributed by atoms with Gasteiger partial charge in [0.2, 0.25) is 17.2 Å². The Morgan fingerprint density at radius 1 is 1.12 bits per heavy atom. The maximum atomic E-state index is 8.64. The molecule has 0 saturated carbocycles. The lowest BCUT2D eigenvalue weighted by molar-refractivity contribution is 0.292. The van der Waals surface area contributed by atoms with Crippen LogP contribution in [0, 0.1) is 0 Å². The first-order valence-corrected chi connectivity index (χ1v) is 5.64. The third-order valence-corrected chi connectivity index (χ3v) is 1.93. The topological polar surface area (TPSA) is 83.0 Å². The molecular weight excluding hydrogens is 230 g/mol. The van der Waals surface area contributed by atoms with E-state index in [9.17, 15) is 0 Å². The maximum absolute atomic E-state index is 8.64. The number of rotatable bonds is 7. The zero-order valence-corrected chi connectivity index (χ0v) is 9.96. The van der Waals surface area contributed by atoms with Crippen molar-refractivity contribution in [1.82, 2.24) is 15.0 Å². The summed E-state index contributed by atoms with van der Waals surface area (Å²) >= 11 is 5.75. The van der Waals surface area contributed by atoms with Crippen molar-refractivity contribution >= 4 is 23.5 Å². The first kappa shape index (κ1) is 12.9. The molecule has 1 heterocycles. The highest BCUT2D eigenvalue weighted by Gasteiger charge is 2.03. The molecule has 1 aromatic heterocycles. The van der Waals surface area contributed by atoms with E-state index in [0.717, 1.165) is 13.0 Å². The van der Waals surface area contributed by atoms with E-state index in [4.69, 9.17) is 16.7 Å². The lowest BCUT2D eigenvalue weighted by Gasteiger charge is -2.06. The fraction of sp³-hybridized carbons (Fsp3) is 0.667. The van der Waals surface area contributed by atoms with Crippen molar-refractivity contribution in [3.63, 3.8) is 0 Å². The molecule has 90 valence electrons. The molecule has 16 heavy (non-hydrogen) atoms. The Morgan fingerprint density at radius 2 is 1.75 bits per heavy atom. The highest BCUT2D eigenvalue weighted by atomic mass is 35.5. The summed E-state index contributed by atoms with van der Waals surface area (Å²) < 4.78 is 0. The van der Waals surface area contributed by atoms with E-state index in [1.807, 2.05) is 0 Å². The molecule has 0 aromatic carbocycles. The normalized spacial score (nSPS) is 10.2. The van der Waals surface area contributed by atoms with E-state index < -0.39 is 0 Å². The fourth-order valence-electron chi connectivity index (χ4n) is 1.02. The third-order valence-electron chi connectivity index (χ3n) is 1.76. The minimum Gasteiger partial charge on any atom is -0.396 e. The Labute approximate surface area is 99.5 Å². The number of hydrogen-bond acceptors (Lipinski definition) is 6. The molecule has 1 aromatic rings. The van der Waals surface area contributed by atoms with Gasteiger partial charge in [-0.3, -0.25) is 0 Å². The molecule has 0 spiro atoms. The van der Waals surface area contributed by atoms with Crippen molar-refractivity contribution in [2.24, 2.45) is 0 Å². The van der Waals surface area contributed by atoms with E-state index in [1.165, 1.54) is 0 Å². The molecule has 0 unspecified atom stereocenters. The van der Waals surface area contributed by atoms with Crippen LogP contribution >= 0.6 is 11.6 Å². The van der Waals surface area contributed by atoms with Crippen molar-refractivity contribution in [3.8, 4) is 0 Å². The largest absolute Gasteiger partial charge is 0.396 e. The standard InChI is InChI=1S/C9H16ClN5O/c1-2-4-11-8-13-7(10)14-9(15-8)12-5-3-6-16/h16H,2-6H2,1H3,(H2,11,12,13,14,15).